The second-order valence-electron chi connectivity index (χ2n) is 3.83. The minimum absolute atomic E-state index is 0.0496. The van der Waals surface area contributed by atoms with Crippen molar-refractivity contribution in [2.24, 2.45) is 15.2 Å². The monoisotopic (exact) mass is 221 g/mol. The molecular formula is C14H11N3. The van der Waals surface area contributed by atoms with Gasteiger partial charge in [-0.1, -0.05) is 36.4 Å². The van der Waals surface area contributed by atoms with Crippen LogP contribution >= 0.6 is 0 Å². The molecule has 2 aromatic rings. The maximum absolute atomic E-state index is 4.41. The molecule has 0 saturated heterocycles. The van der Waals surface area contributed by atoms with Crippen molar-refractivity contribution in [3.05, 3.63) is 60.2 Å². The summed E-state index contributed by atoms with van der Waals surface area (Å²) in [5, 5.41) is 8.32. The standard InChI is InChI=1S/C14H11N3/c1-2-6-11(7-3-1)15-10-14-12-8-4-5-9-13(12)16-17-14/h1-10,14H. The lowest BCUT2D eigenvalue weighted by molar-refractivity contribution is 0.963. The fourth-order valence-corrected chi connectivity index (χ4v) is 1.80. The molecule has 0 N–H and O–H groups in total. The van der Waals surface area contributed by atoms with E-state index in [1.165, 1.54) is 0 Å². The van der Waals surface area contributed by atoms with Gasteiger partial charge in [-0.15, -0.1) is 0 Å². The van der Waals surface area contributed by atoms with Gasteiger partial charge in [-0.25, -0.2) is 0 Å². The molecular weight excluding hydrogens is 210 g/mol. The molecule has 0 saturated carbocycles. The first kappa shape index (κ1) is 9.90. The zero-order valence-electron chi connectivity index (χ0n) is 9.19. The third-order valence-electron chi connectivity index (χ3n) is 2.67. The average Bonchev–Trinajstić information content (AvgIpc) is 2.81. The number of nitrogens with zero attached hydrogens (tertiary/aromatic N) is 3. The Bertz CT molecular complexity index is 573. The van der Waals surface area contributed by atoms with E-state index in [9.17, 15) is 0 Å². The highest BCUT2D eigenvalue weighted by atomic mass is 15.2. The molecule has 82 valence electrons. The van der Waals surface area contributed by atoms with Crippen LogP contribution in [0.3, 0.4) is 0 Å². The van der Waals surface area contributed by atoms with Gasteiger partial charge in [0.15, 0.2) is 0 Å². The number of fused-ring (bicyclic) bond motifs is 1. The van der Waals surface area contributed by atoms with E-state index in [2.05, 4.69) is 15.2 Å². The molecule has 3 rings (SSSR count). The molecule has 0 aliphatic carbocycles. The van der Waals surface area contributed by atoms with Crippen LogP contribution in [0.1, 0.15) is 11.6 Å². The normalized spacial score (nSPS) is 17.5. The Kier molecular flexibility index (Phi) is 2.50. The van der Waals surface area contributed by atoms with Crippen LogP contribution in [0.2, 0.25) is 0 Å². The maximum Gasteiger partial charge on any atom is 0.133 e. The summed E-state index contributed by atoms with van der Waals surface area (Å²) in [6.07, 6.45) is 1.84. The molecule has 1 atom stereocenters. The van der Waals surface area contributed by atoms with E-state index in [0.717, 1.165) is 16.9 Å². The number of para-hydroxylation sites is 1. The van der Waals surface area contributed by atoms with Gasteiger partial charge in [0, 0.05) is 11.8 Å². The number of aliphatic imine (C=N–C) groups is 1. The van der Waals surface area contributed by atoms with Gasteiger partial charge in [-0.3, -0.25) is 4.99 Å². The largest absolute Gasteiger partial charge is 0.259 e. The van der Waals surface area contributed by atoms with Crippen molar-refractivity contribution in [3.8, 4) is 0 Å². The van der Waals surface area contributed by atoms with Gasteiger partial charge in [-0.2, -0.15) is 10.2 Å². The van der Waals surface area contributed by atoms with E-state index in [1.807, 2.05) is 60.8 Å². The predicted molar refractivity (Wildman–Crippen MR) is 68.3 cm³/mol. The van der Waals surface area contributed by atoms with Crippen LogP contribution in [0, 0.1) is 0 Å². The minimum atomic E-state index is -0.0496. The Hall–Kier alpha value is -2.29. The summed E-state index contributed by atoms with van der Waals surface area (Å²) in [7, 11) is 0. The van der Waals surface area contributed by atoms with Gasteiger partial charge in [0.05, 0.1) is 11.4 Å². The lowest BCUT2D eigenvalue weighted by atomic mass is 10.1. The van der Waals surface area contributed by atoms with Crippen molar-refractivity contribution in [1.29, 1.82) is 0 Å². The predicted octanol–water partition coefficient (Wildman–Crippen LogP) is 4.23. The van der Waals surface area contributed by atoms with Gasteiger partial charge in [0.1, 0.15) is 6.04 Å². The van der Waals surface area contributed by atoms with Crippen molar-refractivity contribution in [2.45, 2.75) is 6.04 Å². The van der Waals surface area contributed by atoms with Gasteiger partial charge in [0.2, 0.25) is 0 Å². The number of hydrogen-bond donors (Lipinski definition) is 0. The minimum Gasteiger partial charge on any atom is -0.259 e. The van der Waals surface area contributed by atoms with Gasteiger partial charge in [0.25, 0.3) is 0 Å². The fraction of sp³-hybridized carbons (Fsp3) is 0.0714. The summed E-state index contributed by atoms with van der Waals surface area (Å²) in [6.45, 7) is 0. The third kappa shape index (κ3) is 1.99. The van der Waals surface area contributed by atoms with Gasteiger partial charge < -0.3 is 0 Å². The van der Waals surface area contributed by atoms with Gasteiger partial charge >= 0.3 is 0 Å². The molecule has 1 heterocycles. The number of rotatable bonds is 2. The van der Waals surface area contributed by atoms with E-state index in [4.69, 9.17) is 0 Å². The quantitative estimate of drug-likeness (QED) is 0.680. The zero-order chi connectivity index (χ0) is 11.5. The summed E-state index contributed by atoms with van der Waals surface area (Å²) in [4.78, 5) is 4.41. The molecule has 3 nitrogen and oxygen atoms in total. The topological polar surface area (TPSA) is 37.1 Å². The van der Waals surface area contributed by atoms with Crippen LogP contribution in [0.4, 0.5) is 11.4 Å². The van der Waals surface area contributed by atoms with Crippen molar-refractivity contribution < 1.29 is 0 Å². The fourth-order valence-electron chi connectivity index (χ4n) is 1.80. The zero-order valence-corrected chi connectivity index (χ0v) is 9.19. The molecule has 0 fully saturated rings. The Morgan fingerprint density at radius 3 is 2.59 bits per heavy atom. The molecule has 0 bridgehead atoms. The van der Waals surface area contributed by atoms with Crippen LogP contribution < -0.4 is 0 Å². The molecule has 0 radical (unpaired) electrons. The Labute approximate surface area is 99.6 Å². The van der Waals surface area contributed by atoms with Crippen LogP contribution in [-0.4, -0.2) is 6.21 Å². The highest BCUT2D eigenvalue weighted by Gasteiger charge is 2.17. The summed E-state index contributed by atoms with van der Waals surface area (Å²) in [6, 6.07) is 17.8. The Balaban J connectivity index is 1.85. The SMILES string of the molecule is C(=Nc1ccccc1)C1N=Nc2ccccc21. The molecule has 1 aliphatic heterocycles. The summed E-state index contributed by atoms with van der Waals surface area (Å²) < 4.78 is 0. The molecule has 0 aromatic heterocycles. The van der Waals surface area contributed by atoms with Crippen molar-refractivity contribution in [2.75, 3.05) is 0 Å². The number of benzene rings is 2. The molecule has 3 heteroatoms. The smallest absolute Gasteiger partial charge is 0.133 e. The Morgan fingerprint density at radius 2 is 1.71 bits per heavy atom. The van der Waals surface area contributed by atoms with Crippen LogP contribution in [0.25, 0.3) is 0 Å². The van der Waals surface area contributed by atoms with E-state index < -0.39 is 0 Å². The van der Waals surface area contributed by atoms with Crippen LogP contribution in [0.15, 0.2) is 69.8 Å². The van der Waals surface area contributed by atoms with E-state index in [1.54, 1.807) is 0 Å². The second-order valence-corrected chi connectivity index (χ2v) is 3.83. The molecule has 1 unspecified atom stereocenters. The molecule has 17 heavy (non-hydrogen) atoms. The summed E-state index contributed by atoms with van der Waals surface area (Å²) >= 11 is 0. The first-order valence-electron chi connectivity index (χ1n) is 5.52. The maximum atomic E-state index is 4.41. The van der Waals surface area contributed by atoms with Crippen molar-refractivity contribution in [1.82, 2.24) is 0 Å². The molecule has 1 aliphatic rings. The van der Waals surface area contributed by atoms with E-state index in [0.29, 0.717) is 0 Å². The number of azo groups is 1. The highest BCUT2D eigenvalue weighted by molar-refractivity contribution is 5.75. The molecule has 0 amide bonds. The first-order chi connectivity index (χ1) is 8.43. The number of hydrogen-bond acceptors (Lipinski definition) is 3. The van der Waals surface area contributed by atoms with Crippen molar-refractivity contribution in [3.63, 3.8) is 0 Å². The average molecular weight is 221 g/mol. The third-order valence-corrected chi connectivity index (χ3v) is 2.67. The Morgan fingerprint density at radius 1 is 0.941 bits per heavy atom. The summed E-state index contributed by atoms with van der Waals surface area (Å²) in [5.74, 6) is 0. The molecule has 2 aromatic carbocycles. The van der Waals surface area contributed by atoms with Crippen LogP contribution in [0.5, 0.6) is 0 Å². The van der Waals surface area contributed by atoms with E-state index >= 15 is 0 Å². The molecule has 0 spiro atoms. The van der Waals surface area contributed by atoms with Crippen molar-refractivity contribution >= 4 is 17.6 Å². The lowest BCUT2D eigenvalue weighted by Crippen LogP contribution is -1.91. The first-order valence-corrected chi connectivity index (χ1v) is 5.52. The highest BCUT2D eigenvalue weighted by Crippen LogP contribution is 2.34. The van der Waals surface area contributed by atoms with Crippen LogP contribution in [-0.2, 0) is 0 Å². The van der Waals surface area contributed by atoms with Gasteiger partial charge in [-0.05, 0) is 18.2 Å². The van der Waals surface area contributed by atoms with E-state index in [-0.39, 0.29) is 6.04 Å². The lowest BCUT2D eigenvalue weighted by Gasteiger charge is -2.00. The second kappa shape index (κ2) is 4.29. The summed E-state index contributed by atoms with van der Waals surface area (Å²) in [5.41, 5.74) is 3.00.